The molecule has 0 radical (unpaired) electrons. The van der Waals surface area contributed by atoms with E-state index in [2.05, 4.69) is 15.6 Å². The number of phenols is 1. The van der Waals surface area contributed by atoms with E-state index in [0.29, 0.717) is 18.5 Å². The van der Waals surface area contributed by atoms with Crippen LogP contribution >= 0.6 is 0 Å². The van der Waals surface area contributed by atoms with Crippen LogP contribution in [0.5, 0.6) is 5.75 Å². The lowest BCUT2D eigenvalue weighted by Crippen LogP contribution is -2.38. The molecular weight excluding hydrogens is 242 g/mol. The van der Waals surface area contributed by atoms with Gasteiger partial charge in [-0.25, -0.2) is 0 Å². The number of hydrogen-bond acceptors (Lipinski definition) is 3. The van der Waals surface area contributed by atoms with E-state index in [4.69, 9.17) is 5.11 Å². The van der Waals surface area contributed by atoms with Gasteiger partial charge >= 0.3 is 0 Å². The van der Waals surface area contributed by atoms with E-state index in [0.717, 1.165) is 18.5 Å². The number of phenolic OH excluding ortho intramolecular Hbond substituents is 1. The zero-order chi connectivity index (χ0) is 13.5. The first-order valence-corrected chi connectivity index (χ1v) is 6.76. The van der Waals surface area contributed by atoms with Crippen LogP contribution in [-0.4, -0.2) is 35.4 Å². The molecule has 1 aromatic carbocycles. The molecule has 0 heterocycles. The molecule has 0 aliphatic heterocycles. The second-order valence-electron chi connectivity index (χ2n) is 4.75. The van der Waals surface area contributed by atoms with E-state index in [9.17, 15) is 5.11 Å². The number of nitrogens with zero attached hydrogens (tertiary/aromatic N) is 1. The maximum absolute atomic E-state index is 9.45. The van der Waals surface area contributed by atoms with Crippen LogP contribution in [-0.2, 0) is 0 Å². The van der Waals surface area contributed by atoms with Crippen molar-refractivity contribution in [2.75, 3.05) is 18.5 Å². The van der Waals surface area contributed by atoms with Gasteiger partial charge in [-0.15, -0.1) is 0 Å². The molecule has 1 aromatic rings. The van der Waals surface area contributed by atoms with Crippen LogP contribution in [0.3, 0.4) is 0 Å². The number of aromatic hydroxyl groups is 1. The topological polar surface area (TPSA) is 76.9 Å². The Morgan fingerprint density at radius 2 is 2.11 bits per heavy atom. The Hall–Kier alpha value is -1.75. The molecule has 0 bridgehead atoms. The van der Waals surface area contributed by atoms with Gasteiger partial charge < -0.3 is 20.8 Å². The van der Waals surface area contributed by atoms with Crippen molar-refractivity contribution in [1.82, 2.24) is 5.32 Å². The zero-order valence-electron chi connectivity index (χ0n) is 11.0. The highest BCUT2D eigenvalue weighted by atomic mass is 16.3. The third-order valence-corrected chi connectivity index (χ3v) is 3.17. The molecule has 104 valence electrons. The Morgan fingerprint density at radius 1 is 1.32 bits per heavy atom. The van der Waals surface area contributed by atoms with Gasteiger partial charge in [-0.2, -0.15) is 0 Å². The van der Waals surface area contributed by atoms with Crippen molar-refractivity contribution in [3.63, 3.8) is 0 Å². The van der Waals surface area contributed by atoms with E-state index in [1.807, 2.05) is 6.07 Å². The fourth-order valence-electron chi connectivity index (χ4n) is 2.27. The summed E-state index contributed by atoms with van der Waals surface area (Å²) < 4.78 is 0. The summed E-state index contributed by atoms with van der Waals surface area (Å²) in [5.41, 5.74) is 0.780. The van der Waals surface area contributed by atoms with Crippen LogP contribution in [0.25, 0.3) is 0 Å². The van der Waals surface area contributed by atoms with Gasteiger partial charge in [-0.05, 0) is 25.0 Å². The van der Waals surface area contributed by atoms with Crippen molar-refractivity contribution in [3.05, 3.63) is 24.3 Å². The molecule has 4 N–H and O–H groups in total. The summed E-state index contributed by atoms with van der Waals surface area (Å²) >= 11 is 0. The molecular formula is C14H21N3O2. The first kappa shape index (κ1) is 13.7. The van der Waals surface area contributed by atoms with Crippen molar-refractivity contribution in [2.24, 2.45) is 4.99 Å². The summed E-state index contributed by atoms with van der Waals surface area (Å²) in [6.45, 7) is 0.387. The highest BCUT2D eigenvalue weighted by molar-refractivity contribution is 5.94. The molecule has 0 spiro atoms. The number of aliphatic imine (C=N–C) groups is 1. The molecule has 5 nitrogen and oxygen atoms in total. The van der Waals surface area contributed by atoms with Gasteiger partial charge in [-0.3, -0.25) is 4.99 Å². The summed E-state index contributed by atoms with van der Waals surface area (Å²) in [4.78, 5) is 4.29. The lowest BCUT2D eigenvalue weighted by molar-refractivity contribution is 0.306. The SMILES string of the molecule is OCCN=C(Nc1cccc(O)c1)NC1CCCC1. The molecule has 0 saturated heterocycles. The molecule has 1 fully saturated rings. The van der Waals surface area contributed by atoms with Gasteiger partial charge in [0.05, 0.1) is 13.2 Å². The van der Waals surface area contributed by atoms with Gasteiger partial charge in [0, 0.05) is 17.8 Å². The van der Waals surface area contributed by atoms with Crippen LogP contribution in [0, 0.1) is 0 Å². The number of guanidine groups is 1. The number of anilines is 1. The third-order valence-electron chi connectivity index (χ3n) is 3.17. The van der Waals surface area contributed by atoms with E-state index < -0.39 is 0 Å². The van der Waals surface area contributed by atoms with Gasteiger partial charge in [0.2, 0.25) is 0 Å². The fraction of sp³-hybridized carbons (Fsp3) is 0.500. The molecule has 19 heavy (non-hydrogen) atoms. The van der Waals surface area contributed by atoms with Crippen LogP contribution in [0.1, 0.15) is 25.7 Å². The van der Waals surface area contributed by atoms with Crippen molar-refractivity contribution in [2.45, 2.75) is 31.7 Å². The lowest BCUT2D eigenvalue weighted by Gasteiger charge is -2.17. The largest absolute Gasteiger partial charge is 0.508 e. The van der Waals surface area contributed by atoms with Crippen LogP contribution in [0.4, 0.5) is 5.69 Å². The summed E-state index contributed by atoms with van der Waals surface area (Å²) in [6.07, 6.45) is 4.80. The van der Waals surface area contributed by atoms with Crippen LogP contribution in [0.15, 0.2) is 29.3 Å². The van der Waals surface area contributed by atoms with E-state index >= 15 is 0 Å². The standard InChI is InChI=1S/C14H21N3O2/c18-9-8-15-14(16-11-4-1-2-5-11)17-12-6-3-7-13(19)10-12/h3,6-7,10-11,18-19H,1-2,4-5,8-9H2,(H2,15,16,17). The normalized spacial score (nSPS) is 16.6. The quantitative estimate of drug-likeness (QED) is 0.492. The molecule has 0 amide bonds. The Kier molecular flexibility index (Phi) is 5.03. The molecule has 1 saturated carbocycles. The Balaban J connectivity index is 2.00. The highest BCUT2D eigenvalue weighted by Crippen LogP contribution is 2.18. The third kappa shape index (κ3) is 4.44. The molecule has 0 atom stereocenters. The minimum absolute atomic E-state index is 0.0254. The van der Waals surface area contributed by atoms with E-state index in [-0.39, 0.29) is 12.4 Å². The predicted molar refractivity (Wildman–Crippen MR) is 76.5 cm³/mol. The number of benzene rings is 1. The fourth-order valence-corrected chi connectivity index (χ4v) is 2.27. The average molecular weight is 263 g/mol. The van der Waals surface area contributed by atoms with E-state index in [1.54, 1.807) is 18.2 Å². The number of aliphatic hydroxyl groups excluding tert-OH is 1. The van der Waals surface area contributed by atoms with Gasteiger partial charge in [0.1, 0.15) is 5.75 Å². The summed E-state index contributed by atoms with van der Waals surface area (Å²) in [7, 11) is 0. The first-order chi connectivity index (χ1) is 9.28. The van der Waals surface area contributed by atoms with Crippen molar-refractivity contribution in [1.29, 1.82) is 0 Å². The molecule has 5 heteroatoms. The van der Waals surface area contributed by atoms with E-state index in [1.165, 1.54) is 12.8 Å². The predicted octanol–water partition coefficient (Wildman–Crippen LogP) is 1.68. The number of rotatable bonds is 4. The maximum atomic E-state index is 9.45. The number of aliphatic hydroxyl groups is 1. The van der Waals surface area contributed by atoms with Gasteiger partial charge in [0.15, 0.2) is 5.96 Å². The summed E-state index contributed by atoms with van der Waals surface area (Å²) in [6, 6.07) is 7.36. The second kappa shape index (κ2) is 6.99. The molecule has 2 rings (SSSR count). The van der Waals surface area contributed by atoms with Crippen LogP contribution in [0.2, 0.25) is 0 Å². The Morgan fingerprint density at radius 3 is 2.79 bits per heavy atom. The van der Waals surface area contributed by atoms with Gasteiger partial charge in [0.25, 0.3) is 0 Å². The second-order valence-corrected chi connectivity index (χ2v) is 4.75. The highest BCUT2D eigenvalue weighted by Gasteiger charge is 2.16. The summed E-state index contributed by atoms with van der Waals surface area (Å²) in [5.74, 6) is 0.874. The minimum Gasteiger partial charge on any atom is -0.508 e. The van der Waals surface area contributed by atoms with Crippen molar-refractivity contribution < 1.29 is 10.2 Å². The van der Waals surface area contributed by atoms with Gasteiger partial charge in [-0.1, -0.05) is 18.9 Å². The smallest absolute Gasteiger partial charge is 0.196 e. The summed E-state index contributed by atoms with van der Waals surface area (Å²) in [5, 5.41) is 24.8. The monoisotopic (exact) mass is 263 g/mol. The lowest BCUT2D eigenvalue weighted by atomic mass is 10.2. The molecule has 1 aliphatic rings. The van der Waals surface area contributed by atoms with Crippen LogP contribution < -0.4 is 10.6 Å². The molecule has 0 unspecified atom stereocenters. The van der Waals surface area contributed by atoms with Crippen molar-refractivity contribution in [3.8, 4) is 5.75 Å². The zero-order valence-corrected chi connectivity index (χ0v) is 11.0. The van der Waals surface area contributed by atoms with Crippen molar-refractivity contribution >= 4 is 11.6 Å². The minimum atomic E-state index is 0.0254. The number of hydrogen-bond donors (Lipinski definition) is 4. The Labute approximate surface area is 113 Å². The average Bonchev–Trinajstić information content (AvgIpc) is 2.89. The first-order valence-electron chi connectivity index (χ1n) is 6.76. The molecule has 0 aromatic heterocycles. The molecule has 1 aliphatic carbocycles. The Bertz CT molecular complexity index is 428. The number of nitrogens with one attached hydrogen (secondary N) is 2. The maximum Gasteiger partial charge on any atom is 0.196 e.